The van der Waals surface area contributed by atoms with Gasteiger partial charge < -0.3 is 5.73 Å². The molecule has 2 aromatic rings. The van der Waals surface area contributed by atoms with Crippen LogP contribution >= 0.6 is 22.7 Å². The van der Waals surface area contributed by atoms with Crippen molar-refractivity contribution < 1.29 is 0 Å². The predicted octanol–water partition coefficient (Wildman–Crippen LogP) is 2.37. The van der Waals surface area contributed by atoms with Crippen molar-refractivity contribution >= 4 is 22.7 Å². The van der Waals surface area contributed by atoms with E-state index in [4.69, 9.17) is 5.73 Å². The summed E-state index contributed by atoms with van der Waals surface area (Å²) in [5.41, 5.74) is 6.54. The van der Waals surface area contributed by atoms with Gasteiger partial charge >= 0.3 is 0 Å². The monoisotopic (exact) mass is 210 g/mol. The zero-order valence-corrected chi connectivity index (χ0v) is 8.70. The smallest absolute Gasteiger partial charge is 0.0945 e. The fourth-order valence-electron chi connectivity index (χ4n) is 1.09. The van der Waals surface area contributed by atoms with Crippen LogP contribution < -0.4 is 5.73 Å². The highest BCUT2D eigenvalue weighted by molar-refractivity contribution is 7.14. The molecule has 0 spiro atoms. The standard InChI is InChI=1S/C9H10N2S2/c10-4-3-9-11-7(6-13-9)8-2-1-5-12-8/h1-2,5-6H,3-4,10H2. The average Bonchev–Trinajstić information content (AvgIpc) is 2.70. The molecule has 13 heavy (non-hydrogen) atoms. The molecule has 2 aromatic heterocycles. The van der Waals surface area contributed by atoms with Gasteiger partial charge in [-0.2, -0.15) is 0 Å². The van der Waals surface area contributed by atoms with Gasteiger partial charge in [0.05, 0.1) is 15.6 Å². The Bertz CT molecular complexity index is 365. The van der Waals surface area contributed by atoms with E-state index in [0.29, 0.717) is 6.54 Å². The van der Waals surface area contributed by atoms with Crippen molar-refractivity contribution in [2.75, 3.05) is 6.54 Å². The summed E-state index contributed by atoms with van der Waals surface area (Å²) in [7, 11) is 0. The Labute approximate surface area is 85.1 Å². The molecule has 0 fully saturated rings. The van der Waals surface area contributed by atoms with Crippen LogP contribution in [-0.2, 0) is 6.42 Å². The molecule has 0 amide bonds. The molecule has 2 nitrogen and oxygen atoms in total. The molecule has 2 heterocycles. The number of nitrogens with two attached hydrogens (primary N) is 1. The van der Waals surface area contributed by atoms with Crippen LogP contribution in [0.2, 0.25) is 0 Å². The highest BCUT2D eigenvalue weighted by atomic mass is 32.1. The third-order valence-corrected chi connectivity index (χ3v) is 3.48. The molecule has 0 radical (unpaired) electrons. The number of rotatable bonds is 3. The first-order chi connectivity index (χ1) is 6.40. The summed E-state index contributed by atoms with van der Waals surface area (Å²) in [6.07, 6.45) is 0.885. The SMILES string of the molecule is NCCc1nc(-c2cccs2)cs1. The normalized spacial score (nSPS) is 10.5. The fraction of sp³-hybridized carbons (Fsp3) is 0.222. The van der Waals surface area contributed by atoms with E-state index in [9.17, 15) is 0 Å². The summed E-state index contributed by atoms with van der Waals surface area (Å²) in [6.45, 7) is 0.678. The lowest BCUT2D eigenvalue weighted by molar-refractivity contribution is 0.954. The Morgan fingerprint density at radius 2 is 2.31 bits per heavy atom. The molecule has 4 heteroatoms. The second kappa shape index (κ2) is 4.00. The van der Waals surface area contributed by atoms with Gasteiger partial charge in [-0.1, -0.05) is 6.07 Å². The number of hydrogen-bond acceptors (Lipinski definition) is 4. The highest BCUT2D eigenvalue weighted by Gasteiger charge is 2.03. The molecule has 0 aliphatic heterocycles. The number of aromatic nitrogens is 1. The predicted molar refractivity (Wildman–Crippen MR) is 58.2 cm³/mol. The second-order valence-electron chi connectivity index (χ2n) is 2.64. The summed E-state index contributed by atoms with van der Waals surface area (Å²) in [6, 6.07) is 4.13. The number of nitrogens with zero attached hydrogens (tertiary/aromatic N) is 1. The molecule has 0 saturated carbocycles. The lowest BCUT2D eigenvalue weighted by atomic mass is 10.4. The topological polar surface area (TPSA) is 38.9 Å². The van der Waals surface area contributed by atoms with Gasteiger partial charge in [-0.05, 0) is 18.0 Å². The molecule has 0 bridgehead atoms. The lowest BCUT2D eigenvalue weighted by Gasteiger charge is -1.89. The van der Waals surface area contributed by atoms with Crippen molar-refractivity contribution in [1.82, 2.24) is 4.98 Å². The minimum absolute atomic E-state index is 0.678. The zero-order valence-electron chi connectivity index (χ0n) is 7.06. The van der Waals surface area contributed by atoms with Crippen molar-refractivity contribution in [2.45, 2.75) is 6.42 Å². The van der Waals surface area contributed by atoms with Crippen molar-refractivity contribution in [3.8, 4) is 10.6 Å². The first-order valence-corrected chi connectivity index (χ1v) is 5.84. The maximum absolute atomic E-state index is 5.46. The van der Waals surface area contributed by atoms with Crippen molar-refractivity contribution in [3.05, 3.63) is 27.9 Å². The van der Waals surface area contributed by atoms with E-state index in [1.54, 1.807) is 22.7 Å². The van der Waals surface area contributed by atoms with Crippen molar-refractivity contribution in [3.63, 3.8) is 0 Å². The molecule has 0 aromatic carbocycles. The first-order valence-electron chi connectivity index (χ1n) is 4.08. The highest BCUT2D eigenvalue weighted by Crippen LogP contribution is 2.25. The Kier molecular flexibility index (Phi) is 2.73. The minimum atomic E-state index is 0.678. The van der Waals surface area contributed by atoms with Crippen LogP contribution in [0.3, 0.4) is 0 Å². The van der Waals surface area contributed by atoms with Gasteiger partial charge in [0.2, 0.25) is 0 Å². The summed E-state index contributed by atoms with van der Waals surface area (Å²) >= 11 is 3.41. The van der Waals surface area contributed by atoms with Crippen LogP contribution in [0.15, 0.2) is 22.9 Å². The average molecular weight is 210 g/mol. The van der Waals surface area contributed by atoms with Gasteiger partial charge in [0.25, 0.3) is 0 Å². The summed E-state index contributed by atoms with van der Waals surface area (Å²) in [4.78, 5) is 5.73. The molecule has 0 aliphatic carbocycles. The van der Waals surface area contributed by atoms with E-state index < -0.39 is 0 Å². The molecule has 0 atom stereocenters. The number of thiophene rings is 1. The van der Waals surface area contributed by atoms with Crippen LogP contribution in [0.25, 0.3) is 10.6 Å². The van der Waals surface area contributed by atoms with Gasteiger partial charge in [-0.15, -0.1) is 22.7 Å². The lowest BCUT2D eigenvalue weighted by Crippen LogP contribution is -2.01. The second-order valence-corrected chi connectivity index (χ2v) is 4.53. The molecule has 2 N–H and O–H groups in total. The largest absolute Gasteiger partial charge is 0.330 e. The number of hydrogen-bond donors (Lipinski definition) is 1. The van der Waals surface area contributed by atoms with Crippen LogP contribution in [0.5, 0.6) is 0 Å². The molecule has 0 aliphatic rings. The molecular formula is C9H10N2S2. The van der Waals surface area contributed by atoms with Crippen LogP contribution in [0.4, 0.5) is 0 Å². The van der Waals surface area contributed by atoms with Gasteiger partial charge in [0.1, 0.15) is 0 Å². The first kappa shape index (κ1) is 8.87. The van der Waals surface area contributed by atoms with Gasteiger partial charge in [-0.3, -0.25) is 0 Å². The fourth-order valence-corrected chi connectivity index (χ4v) is 2.66. The Morgan fingerprint density at radius 3 is 3.00 bits per heavy atom. The third kappa shape index (κ3) is 1.96. The van der Waals surface area contributed by atoms with E-state index in [1.165, 1.54) is 4.88 Å². The van der Waals surface area contributed by atoms with E-state index >= 15 is 0 Å². The summed E-state index contributed by atoms with van der Waals surface area (Å²) in [5.74, 6) is 0. The Hall–Kier alpha value is -0.710. The summed E-state index contributed by atoms with van der Waals surface area (Å²) < 4.78 is 0. The van der Waals surface area contributed by atoms with Crippen LogP contribution in [-0.4, -0.2) is 11.5 Å². The molecule has 2 rings (SSSR count). The van der Waals surface area contributed by atoms with E-state index in [-0.39, 0.29) is 0 Å². The molecule has 0 unspecified atom stereocenters. The van der Waals surface area contributed by atoms with Crippen molar-refractivity contribution in [2.24, 2.45) is 5.73 Å². The van der Waals surface area contributed by atoms with Crippen LogP contribution in [0, 0.1) is 0 Å². The maximum atomic E-state index is 5.46. The summed E-state index contributed by atoms with van der Waals surface area (Å²) in [5, 5.41) is 5.29. The zero-order chi connectivity index (χ0) is 9.10. The van der Waals surface area contributed by atoms with E-state index in [1.807, 2.05) is 6.07 Å². The molecule has 68 valence electrons. The maximum Gasteiger partial charge on any atom is 0.0945 e. The number of thiazole rings is 1. The van der Waals surface area contributed by atoms with E-state index in [0.717, 1.165) is 17.1 Å². The van der Waals surface area contributed by atoms with Gasteiger partial charge in [0.15, 0.2) is 0 Å². The van der Waals surface area contributed by atoms with Crippen molar-refractivity contribution in [1.29, 1.82) is 0 Å². The Morgan fingerprint density at radius 1 is 1.38 bits per heavy atom. The molecular weight excluding hydrogens is 200 g/mol. The van der Waals surface area contributed by atoms with Gasteiger partial charge in [0, 0.05) is 11.8 Å². The minimum Gasteiger partial charge on any atom is -0.330 e. The van der Waals surface area contributed by atoms with Crippen LogP contribution in [0.1, 0.15) is 5.01 Å². The van der Waals surface area contributed by atoms with E-state index in [2.05, 4.69) is 21.8 Å². The molecule has 0 saturated heterocycles. The quantitative estimate of drug-likeness (QED) is 0.844. The third-order valence-electron chi connectivity index (χ3n) is 1.68. The Balaban J connectivity index is 2.23. The van der Waals surface area contributed by atoms with Gasteiger partial charge in [-0.25, -0.2) is 4.98 Å².